The molecule has 2 aromatic rings. The van der Waals surface area contributed by atoms with Crippen LogP contribution in [0, 0.1) is 0 Å². The minimum absolute atomic E-state index is 0.00757. The summed E-state index contributed by atoms with van der Waals surface area (Å²) < 4.78 is 5.35. The van der Waals surface area contributed by atoms with Crippen molar-refractivity contribution in [1.82, 2.24) is 0 Å². The Labute approximate surface area is 152 Å². The van der Waals surface area contributed by atoms with Gasteiger partial charge in [-0.25, -0.2) is 4.79 Å². The average molecular weight is 354 g/mol. The molecule has 1 aliphatic heterocycles. The third-order valence-corrected chi connectivity index (χ3v) is 4.70. The number of aromatic carboxylic acids is 1. The first kappa shape index (κ1) is 17.8. The van der Waals surface area contributed by atoms with Crippen molar-refractivity contribution < 1.29 is 19.4 Å². The molecule has 1 aliphatic rings. The third kappa shape index (κ3) is 3.35. The molecule has 3 rings (SSSR count). The van der Waals surface area contributed by atoms with Gasteiger partial charge in [-0.05, 0) is 55.8 Å². The number of nitrogens with one attached hydrogen (secondary N) is 1. The van der Waals surface area contributed by atoms with Crippen molar-refractivity contribution in [2.45, 2.75) is 32.4 Å². The fourth-order valence-corrected chi connectivity index (χ4v) is 3.50. The van der Waals surface area contributed by atoms with E-state index in [2.05, 4.69) is 5.32 Å². The molecule has 6 nitrogen and oxygen atoms in total. The molecule has 2 unspecified atom stereocenters. The molecule has 1 heterocycles. The zero-order chi connectivity index (χ0) is 18.8. The Morgan fingerprint density at radius 2 is 1.88 bits per heavy atom. The molecule has 6 heteroatoms. The molecule has 26 heavy (non-hydrogen) atoms. The van der Waals surface area contributed by atoms with Crippen LogP contribution in [0.15, 0.2) is 42.5 Å². The van der Waals surface area contributed by atoms with Gasteiger partial charge in [0, 0.05) is 29.9 Å². The van der Waals surface area contributed by atoms with Gasteiger partial charge in [-0.15, -0.1) is 0 Å². The summed E-state index contributed by atoms with van der Waals surface area (Å²) in [4.78, 5) is 24.9. The number of fused-ring (bicyclic) bond motifs is 1. The molecule has 1 amide bonds. The Morgan fingerprint density at radius 1 is 1.19 bits per heavy atom. The molecule has 0 spiro atoms. The van der Waals surface area contributed by atoms with Gasteiger partial charge in [-0.1, -0.05) is 0 Å². The molecule has 0 aromatic heterocycles. The highest BCUT2D eigenvalue weighted by atomic mass is 16.5. The maximum atomic E-state index is 12.1. The molecule has 136 valence electrons. The van der Waals surface area contributed by atoms with Crippen molar-refractivity contribution >= 4 is 23.3 Å². The zero-order valence-corrected chi connectivity index (χ0v) is 15.0. The van der Waals surface area contributed by atoms with Crippen LogP contribution in [0.4, 0.5) is 11.4 Å². The van der Waals surface area contributed by atoms with E-state index >= 15 is 0 Å². The van der Waals surface area contributed by atoms with Crippen molar-refractivity contribution in [3.63, 3.8) is 0 Å². The van der Waals surface area contributed by atoms with Gasteiger partial charge in [-0.2, -0.15) is 0 Å². The first-order chi connectivity index (χ1) is 12.4. The van der Waals surface area contributed by atoms with Crippen LogP contribution in [0.5, 0.6) is 5.75 Å². The molecule has 0 saturated heterocycles. The van der Waals surface area contributed by atoms with Gasteiger partial charge in [0.05, 0.1) is 18.7 Å². The third-order valence-electron chi connectivity index (χ3n) is 4.70. The van der Waals surface area contributed by atoms with Gasteiger partial charge in [0.15, 0.2) is 0 Å². The molecule has 2 N–H and O–H groups in total. The summed E-state index contributed by atoms with van der Waals surface area (Å²) in [7, 11) is 1.61. The average Bonchev–Trinajstić information content (AvgIpc) is 2.61. The molecule has 0 radical (unpaired) electrons. The smallest absolute Gasteiger partial charge is 0.335 e. The Bertz CT molecular complexity index is 832. The van der Waals surface area contributed by atoms with Crippen LogP contribution in [0.3, 0.4) is 0 Å². The highest BCUT2D eigenvalue weighted by Crippen LogP contribution is 2.40. The fourth-order valence-electron chi connectivity index (χ4n) is 3.50. The van der Waals surface area contributed by atoms with E-state index in [9.17, 15) is 9.59 Å². The SMILES string of the molecule is COc1ccc2c(c1)C(Nc1ccc(C(=O)O)cc1)CC(C)N2C(C)=O. The lowest BCUT2D eigenvalue weighted by Gasteiger charge is -2.39. The summed E-state index contributed by atoms with van der Waals surface area (Å²) >= 11 is 0. The normalized spacial score (nSPS) is 18.8. The number of anilines is 2. The van der Waals surface area contributed by atoms with E-state index < -0.39 is 5.97 Å². The molecule has 2 atom stereocenters. The second kappa shape index (κ2) is 7.07. The van der Waals surface area contributed by atoms with Crippen molar-refractivity contribution in [1.29, 1.82) is 0 Å². The lowest BCUT2D eigenvalue weighted by molar-refractivity contribution is -0.117. The standard InChI is InChI=1S/C20H22N2O4/c1-12-10-18(21-15-6-4-14(5-7-15)20(24)25)17-11-16(26-3)8-9-19(17)22(12)13(2)23/h4-9,11-12,18,21H,10H2,1-3H3,(H,24,25). The number of nitrogens with zero attached hydrogens (tertiary/aromatic N) is 1. The number of hydrogen-bond acceptors (Lipinski definition) is 4. The Kier molecular flexibility index (Phi) is 4.84. The molecule has 0 saturated carbocycles. The summed E-state index contributed by atoms with van der Waals surface area (Å²) in [5, 5.41) is 12.5. The van der Waals surface area contributed by atoms with E-state index in [0.717, 1.165) is 29.1 Å². The van der Waals surface area contributed by atoms with Crippen molar-refractivity contribution in [3.05, 3.63) is 53.6 Å². The van der Waals surface area contributed by atoms with Crippen LogP contribution in [0.25, 0.3) is 0 Å². The van der Waals surface area contributed by atoms with Gasteiger partial charge < -0.3 is 20.1 Å². The first-order valence-corrected chi connectivity index (χ1v) is 8.48. The largest absolute Gasteiger partial charge is 0.497 e. The van der Waals surface area contributed by atoms with E-state index in [1.807, 2.05) is 25.1 Å². The van der Waals surface area contributed by atoms with Crippen LogP contribution in [-0.4, -0.2) is 30.1 Å². The number of benzene rings is 2. The van der Waals surface area contributed by atoms with E-state index in [1.54, 1.807) is 43.2 Å². The van der Waals surface area contributed by atoms with Crippen LogP contribution in [0.1, 0.15) is 42.2 Å². The number of amides is 1. The minimum atomic E-state index is -0.949. The number of carboxylic acids is 1. The number of carbonyl (C=O) groups is 2. The van der Waals surface area contributed by atoms with Gasteiger partial charge in [0.1, 0.15) is 5.75 Å². The summed E-state index contributed by atoms with van der Waals surface area (Å²) in [5.41, 5.74) is 2.94. The maximum Gasteiger partial charge on any atom is 0.335 e. The summed E-state index contributed by atoms with van der Waals surface area (Å²) in [5.74, 6) is -0.210. The predicted molar refractivity (Wildman–Crippen MR) is 100.0 cm³/mol. The lowest BCUT2D eigenvalue weighted by Crippen LogP contribution is -2.43. The van der Waals surface area contributed by atoms with Crippen LogP contribution < -0.4 is 15.0 Å². The van der Waals surface area contributed by atoms with Gasteiger partial charge in [0.25, 0.3) is 0 Å². The number of hydrogen-bond donors (Lipinski definition) is 2. The summed E-state index contributed by atoms with van der Waals surface area (Å²) in [6.45, 7) is 3.60. The van der Waals surface area contributed by atoms with E-state index in [4.69, 9.17) is 9.84 Å². The van der Waals surface area contributed by atoms with Crippen molar-refractivity contribution in [2.24, 2.45) is 0 Å². The van der Waals surface area contributed by atoms with Gasteiger partial charge >= 0.3 is 5.97 Å². The zero-order valence-electron chi connectivity index (χ0n) is 15.0. The predicted octanol–water partition coefficient (Wildman–Crippen LogP) is 3.69. The highest BCUT2D eigenvalue weighted by molar-refractivity contribution is 5.94. The first-order valence-electron chi connectivity index (χ1n) is 8.48. The van der Waals surface area contributed by atoms with E-state index in [1.165, 1.54) is 0 Å². The summed E-state index contributed by atoms with van der Waals surface area (Å²) in [6, 6.07) is 12.4. The number of ether oxygens (including phenoxy) is 1. The number of methoxy groups -OCH3 is 1. The van der Waals surface area contributed by atoms with Crippen LogP contribution in [0.2, 0.25) is 0 Å². The van der Waals surface area contributed by atoms with Crippen LogP contribution in [-0.2, 0) is 4.79 Å². The quantitative estimate of drug-likeness (QED) is 0.875. The molecule has 2 aromatic carbocycles. The van der Waals surface area contributed by atoms with E-state index in [0.29, 0.717) is 0 Å². The maximum absolute atomic E-state index is 12.1. The van der Waals surface area contributed by atoms with Crippen LogP contribution >= 0.6 is 0 Å². The fraction of sp³-hybridized carbons (Fsp3) is 0.300. The van der Waals surface area contributed by atoms with Crippen molar-refractivity contribution in [2.75, 3.05) is 17.3 Å². The second-order valence-electron chi connectivity index (χ2n) is 6.48. The monoisotopic (exact) mass is 354 g/mol. The van der Waals surface area contributed by atoms with Gasteiger partial charge in [0.2, 0.25) is 5.91 Å². The topological polar surface area (TPSA) is 78.9 Å². The van der Waals surface area contributed by atoms with E-state index in [-0.39, 0.29) is 23.6 Å². The molecular weight excluding hydrogens is 332 g/mol. The highest BCUT2D eigenvalue weighted by Gasteiger charge is 2.32. The van der Waals surface area contributed by atoms with Crippen molar-refractivity contribution in [3.8, 4) is 5.75 Å². The molecule has 0 bridgehead atoms. The molecular formula is C20H22N2O4. The lowest BCUT2D eigenvalue weighted by atomic mass is 9.91. The molecule has 0 aliphatic carbocycles. The number of rotatable bonds is 4. The minimum Gasteiger partial charge on any atom is -0.497 e. The molecule has 0 fully saturated rings. The Morgan fingerprint density at radius 3 is 2.46 bits per heavy atom. The summed E-state index contributed by atoms with van der Waals surface area (Å²) in [6.07, 6.45) is 0.737. The van der Waals surface area contributed by atoms with Gasteiger partial charge in [-0.3, -0.25) is 4.79 Å². The Balaban J connectivity index is 1.95. The second-order valence-corrected chi connectivity index (χ2v) is 6.48. The number of carbonyl (C=O) groups excluding carboxylic acids is 1. The Hall–Kier alpha value is -3.02. The number of carboxylic acid groups (broad SMARTS) is 1.